The fourth-order valence-electron chi connectivity index (χ4n) is 2.92. The van der Waals surface area contributed by atoms with Crippen molar-refractivity contribution in [2.75, 3.05) is 7.05 Å². The molecule has 3 heteroatoms. The van der Waals surface area contributed by atoms with Crippen LogP contribution in [-0.2, 0) is 6.42 Å². The molecule has 2 aromatic rings. The average molecular weight is 232 g/mol. The molecule has 2 N–H and O–H groups in total. The van der Waals surface area contributed by atoms with E-state index in [0.29, 0.717) is 6.04 Å². The molecule has 0 amide bonds. The SMILES string of the molecule is CNC1CCCCc2[nH]c3ccc(F)cc3c21. The predicted molar refractivity (Wildman–Crippen MR) is 67.6 cm³/mol. The Morgan fingerprint density at radius 1 is 1.35 bits per heavy atom. The Kier molecular flexibility index (Phi) is 2.63. The molecule has 1 aliphatic rings. The lowest BCUT2D eigenvalue weighted by Crippen LogP contribution is -2.16. The largest absolute Gasteiger partial charge is 0.358 e. The average Bonchev–Trinajstić information content (AvgIpc) is 2.55. The van der Waals surface area contributed by atoms with Crippen molar-refractivity contribution in [3.63, 3.8) is 0 Å². The van der Waals surface area contributed by atoms with E-state index in [0.717, 1.165) is 23.7 Å². The van der Waals surface area contributed by atoms with Crippen LogP contribution in [-0.4, -0.2) is 12.0 Å². The molecule has 0 radical (unpaired) electrons. The topological polar surface area (TPSA) is 27.8 Å². The predicted octanol–water partition coefficient (Wildman–Crippen LogP) is 3.29. The van der Waals surface area contributed by atoms with E-state index in [1.165, 1.54) is 30.2 Å². The van der Waals surface area contributed by atoms with Crippen LogP contribution in [0.4, 0.5) is 4.39 Å². The summed E-state index contributed by atoms with van der Waals surface area (Å²) in [6.45, 7) is 0. The second-order valence-corrected chi connectivity index (χ2v) is 4.79. The van der Waals surface area contributed by atoms with Crippen LogP contribution in [0.25, 0.3) is 10.9 Å². The number of rotatable bonds is 1. The Labute approximate surface area is 100 Å². The van der Waals surface area contributed by atoms with E-state index in [4.69, 9.17) is 0 Å². The Morgan fingerprint density at radius 2 is 2.24 bits per heavy atom. The van der Waals surface area contributed by atoms with Gasteiger partial charge in [0.2, 0.25) is 0 Å². The Bertz CT molecular complexity index is 544. The summed E-state index contributed by atoms with van der Waals surface area (Å²) in [5.74, 6) is -0.154. The first-order valence-electron chi connectivity index (χ1n) is 6.27. The highest BCUT2D eigenvalue weighted by atomic mass is 19.1. The highest BCUT2D eigenvalue weighted by molar-refractivity contribution is 5.85. The lowest BCUT2D eigenvalue weighted by molar-refractivity contribution is 0.536. The number of fused-ring (bicyclic) bond motifs is 3. The first kappa shape index (κ1) is 10.8. The molecule has 0 fully saturated rings. The molecule has 1 unspecified atom stereocenters. The third kappa shape index (κ3) is 1.75. The molecule has 0 spiro atoms. The molecule has 90 valence electrons. The minimum atomic E-state index is -0.154. The molecule has 1 atom stereocenters. The van der Waals surface area contributed by atoms with Crippen molar-refractivity contribution in [3.8, 4) is 0 Å². The van der Waals surface area contributed by atoms with E-state index in [1.807, 2.05) is 13.1 Å². The summed E-state index contributed by atoms with van der Waals surface area (Å²) < 4.78 is 13.4. The standard InChI is InChI=1S/C14H17FN2/c1-16-12-4-2-3-5-13-14(12)10-8-9(15)6-7-11(10)17-13/h6-8,12,16-17H,2-5H2,1H3. The minimum absolute atomic E-state index is 0.154. The maximum atomic E-state index is 13.4. The molecule has 0 saturated carbocycles. The molecule has 0 bridgehead atoms. The van der Waals surface area contributed by atoms with Gasteiger partial charge >= 0.3 is 0 Å². The first-order valence-corrected chi connectivity index (χ1v) is 6.27. The second kappa shape index (κ2) is 4.15. The highest BCUT2D eigenvalue weighted by Gasteiger charge is 2.22. The Balaban J connectivity index is 2.24. The molecule has 1 aromatic heterocycles. The third-order valence-electron chi connectivity index (χ3n) is 3.75. The highest BCUT2D eigenvalue weighted by Crippen LogP contribution is 2.34. The van der Waals surface area contributed by atoms with Gasteiger partial charge in [-0.05, 0) is 50.1 Å². The van der Waals surface area contributed by atoms with Crippen LogP contribution in [0.5, 0.6) is 0 Å². The summed E-state index contributed by atoms with van der Waals surface area (Å²) in [5, 5.41) is 4.40. The van der Waals surface area contributed by atoms with Crippen LogP contribution in [0.3, 0.4) is 0 Å². The molecule has 0 saturated heterocycles. The maximum absolute atomic E-state index is 13.4. The number of aryl methyl sites for hydroxylation is 1. The van der Waals surface area contributed by atoms with Gasteiger partial charge in [-0.1, -0.05) is 6.42 Å². The molecule has 2 nitrogen and oxygen atoms in total. The van der Waals surface area contributed by atoms with Crippen LogP contribution in [0, 0.1) is 5.82 Å². The van der Waals surface area contributed by atoms with Crippen LogP contribution in [0.2, 0.25) is 0 Å². The first-order chi connectivity index (χ1) is 8.29. The molecule has 17 heavy (non-hydrogen) atoms. The Morgan fingerprint density at radius 3 is 3.06 bits per heavy atom. The number of aromatic amines is 1. The lowest BCUT2D eigenvalue weighted by atomic mass is 10.0. The summed E-state index contributed by atoms with van der Waals surface area (Å²) in [5.41, 5.74) is 3.61. The van der Waals surface area contributed by atoms with Crippen molar-refractivity contribution in [2.45, 2.75) is 31.7 Å². The fraction of sp³-hybridized carbons (Fsp3) is 0.429. The molecular weight excluding hydrogens is 215 g/mol. The summed E-state index contributed by atoms with van der Waals surface area (Å²) >= 11 is 0. The molecule has 0 aliphatic heterocycles. The third-order valence-corrected chi connectivity index (χ3v) is 3.75. The number of hydrogen-bond donors (Lipinski definition) is 2. The van der Waals surface area contributed by atoms with Gasteiger partial charge in [-0.25, -0.2) is 4.39 Å². The number of H-pyrrole nitrogens is 1. The van der Waals surface area contributed by atoms with Gasteiger partial charge in [0.1, 0.15) is 5.82 Å². The van der Waals surface area contributed by atoms with Crippen molar-refractivity contribution in [3.05, 3.63) is 35.3 Å². The van der Waals surface area contributed by atoms with Crippen molar-refractivity contribution in [2.24, 2.45) is 0 Å². The van der Waals surface area contributed by atoms with Crippen LogP contribution < -0.4 is 5.32 Å². The summed E-state index contributed by atoms with van der Waals surface area (Å²) in [6, 6.07) is 5.36. The van der Waals surface area contributed by atoms with E-state index in [9.17, 15) is 4.39 Å². The van der Waals surface area contributed by atoms with E-state index >= 15 is 0 Å². The van der Waals surface area contributed by atoms with E-state index in [2.05, 4.69) is 10.3 Å². The van der Waals surface area contributed by atoms with Gasteiger partial charge < -0.3 is 10.3 Å². The van der Waals surface area contributed by atoms with Crippen molar-refractivity contribution < 1.29 is 4.39 Å². The maximum Gasteiger partial charge on any atom is 0.123 e. The van der Waals surface area contributed by atoms with Gasteiger partial charge in [0.15, 0.2) is 0 Å². The quantitative estimate of drug-likeness (QED) is 0.725. The number of aromatic nitrogens is 1. The van der Waals surface area contributed by atoms with Gasteiger partial charge in [0.05, 0.1) is 0 Å². The minimum Gasteiger partial charge on any atom is -0.358 e. The van der Waals surface area contributed by atoms with Gasteiger partial charge in [-0.2, -0.15) is 0 Å². The Hall–Kier alpha value is -1.35. The summed E-state index contributed by atoms with van der Waals surface area (Å²) in [6.07, 6.45) is 4.64. The second-order valence-electron chi connectivity index (χ2n) is 4.79. The van der Waals surface area contributed by atoms with Gasteiger partial charge in [0, 0.05) is 22.6 Å². The number of halogens is 1. The van der Waals surface area contributed by atoms with Gasteiger partial charge in [0.25, 0.3) is 0 Å². The smallest absolute Gasteiger partial charge is 0.123 e. The number of nitrogens with one attached hydrogen (secondary N) is 2. The zero-order valence-electron chi connectivity index (χ0n) is 10.0. The van der Waals surface area contributed by atoms with Crippen molar-refractivity contribution in [1.29, 1.82) is 0 Å². The monoisotopic (exact) mass is 232 g/mol. The van der Waals surface area contributed by atoms with Crippen LogP contribution >= 0.6 is 0 Å². The number of hydrogen-bond acceptors (Lipinski definition) is 1. The van der Waals surface area contributed by atoms with E-state index < -0.39 is 0 Å². The lowest BCUT2D eigenvalue weighted by Gasteiger charge is -2.14. The number of benzene rings is 1. The van der Waals surface area contributed by atoms with Gasteiger partial charge in [-0.3, -0.25) is 0 Å². The van der Waals surface area contributed by atoms with Crippen LogP contribution in [0.15, 0.2) is 18.2 Å². The molecule has 1 aromatic carbocycles. The summed E-state index contributed by atoms with van der Waals surface area (Å²) in [4.78, 5) is 3.44. The molecular formula is C14H17FN2. The van der Waals surface area contributed by atoms with Crippen molar-refractivity contribution >= 4 is 10.9 Å². The van der Waals surface area contributed by atoms with E-state index in [1.54, 1.807) is 6.07 Å². The fourth-order valence-corrected chi connectivity index (χ4v) is 2.92. The zero-order chi connectivity index (χ0) is 11.8. The van der Waals surface area contributed by atoms with E-state index in [-0.39, 0.29) is 5.82 Å². The van der Waals surface area contributed by atoms with Crippen molar-refractivity contribution in [1.82, 2.24) is 10.3 Å². The van der Waals surface area contributed by atoms with Gasteiger partial charge in [-0.15, -0.1) is 0 Å². The van der Waals surface area contributed by atoms with Crippen LogP contribution in [0.1, 0.15) is 36.6 Å². The zero-order valence-corrected chi connectivity index (χ0v) is 10.0. The normalized spacial score (nSPS) is 20.2. The molecule has 1 aliphatic carbocycles. The molecule has 3 rings (SSSR count). The molecule has 1 heterocycles. The summed E-state index contributed by atoms with van der Waals surface area (Å²) in [7, 11) is 1.98.